The van der Waals surface area contributed by atoms with Crippen LogP contribution in [0.4, 0.5) is 18.9 Å². The second-order valence-corrected chi connectivity index (χ2v) is 6.43. The second-order valence-electron chi connectivity index (χ2n) is 6.43. The molecule has 0 aliphatic heterocycles. The molecule has 0 saturated carbocycles. The highest BCUT2D eigenvalue weighted by Gasteiger charge is 2.30. The van der Waals surface area contributed by atoms with E-state index < -0.39 is 11.7 Å². The summed E-state index contributed by atoms with van der Waals surface area (Å²) in [5.41, 5.74) is 2.08. The Bertz CT molecular complexity index is 995. The SMILES string of the molecule is CCc1[nH]nc(-c2ccc(C(F)(F)F)cc2)c1NC(=O)Cc1cccc(OC)c1. The van der Waals surface area contributed by atoms with Crippen LogP contribution in [0.2, 0.25) is 0 Å². The quantitative estimate of drug-likeness (QED) is 0.618. The molecule has 1 aromatic heterocycles. The number of hydrogen-bond donors (Lipinski definition) is 2. The molecule has 3 aromatic rings. The maximum absolute atomic E-state index is 12.8. The molecule has 2 aromatic carbocycles. The minimum absolute atomic E-state index is 0.123. The molecule has 0 aliphatic rings. The summed E-state index contributed by atoms with van der Waals surface area (Å²) in [7, 11) is 1.55. The van der Waals surface area contributed by atoms with Gasteiger partial charge < -0.3 is 10.1 Å². The molecule has 1 heterocycles. The largest absolute Gasteiger partial charge is 0.497 e. The van der Waals surface area contributed by atoms with Crippen molar-refractivity contribution in [3.63, 3.8) is 0 Å². The van der Waals surface area contributed by atoms with Crippen LogP contribution in [0.5, 0.6) is 5.75 Å². The fourth-order valence-electron chi connectivity index (χ4n) is 2.95. The molecule has 0 bridgehead atoms. The number of carbonyl (C=O) groups is 1. The fraction of sp³-hybridized carbons (Fsp3) is 0.238. The van der Waals surface area contributed by atoms with Crippen LogP contribution in [0, 0.1) is 0 Å². The van der Waals surface area contributed by atoms with Crippen molar-refractivity contribution in [3.05, 3.63) is 65.4 Å². The number of alkyl halides is 3. The molecular weight excluding hydrogens is 383 g/mol. The number of aromatic nitrogens is 2. The highest BCUT2D eigenvalue weighted by Crippen LogP contribution is 2.33. The van der Waals surface area contributed by atoms with Crippen LogP contribution in [0.1, 0.15) is 23.7 Å². The summed E-state index contributed by atoms with van der Waals surface area (Å²) >= 11 is 0. The number of methoxy groups -OCH3 is 1. The average molecular weight is 403 g/mol. The molecule has 0 aliphatic carbocycles. The Morgan fingerprint density at radius 1 is 1.17 bits per heavy atom. The van der Waals surface area contributed by atoms with E-state index >= 15 is 0 Å². The van der Waals surface area contributed by atoms with Gasteiger partial charge in [-0.05, 0) is 36.2 Å². The summed E-state index contributed by atoms with van der Waals surface area (Å²) in [4.78, 5) is 12.6. The lowest BCUT2D eigenvalue weighted by Gasteiger charge is -2.10. The summed E-state index contributed by atoms with van der Waals surface area (Å²) < 4.78 is 43.6. The molecule has 8 heteroatoms. The second kappa shape index (κ2) is 8.38. The van der Waals surface area contributed by atoms with Crippen LogP contribution in [0.3, 0.4) is 0 Å². The first-order valence-corrected chi connectivity index (χ1v) is 8.99. The van der Waals surface area contributed by atoms with Crippen molar-refractivity contribution in [2.75, 3.05) is 12.4 Å². The molecule has 0 spiro atoms. The van der Waals surface area contributed by atoms with E-state index in [2.05, 4.69) is 15.5 Å². The molecule has 0 unspecified atom stereocenters. The first-order valence-electron chi connectivity index (χ1n) is 8.99. The fourth-order valence-corrected chi connectivity index (χ4v) is 2.95. The van der Waals surface area contributed by atoms with E-state index in [1.165, 1.54) is 12.1 Å². The van der Waals surface area contributed by atoms with E-state index in [9.17, 15) is 18.0 Å². The van der Waals surface area contributed by atoms with E-state index in [1.54, 1.807) is 25.3 Å². The van der Waals surface area contributed by atoms with Gasteiger partial charge in [0.2, 0.25) is 5.91 Å². The van der Waals surface area contributed by atoms with Gasteiger partial charge in [0.25, 0.3) is 0 Å². The van der Waals surface area contributed by atoms with Gasteiger partial charge in [-0.15, -0.1) is 0 Å². The van der Waals surface area contributed by atoms with Crippen molar-refractivity contribution in [3.8, 4) is 17.0 Å². The van der Waals surface area contributed by atoms with Crippen LogP contribution in [-0.4, -0.2) is 23.2 Å². The summed E-state index contributed by atoms with van der Waals surface area (Å²) in [6.07, 6.45) is -3.72. The molecule has 152 valence electrons. The zero-order valence-electron chi connectivity index (χ0n) is 15.9. The van der Waals surface area contributed by atoms with E-state index in [-0.39, 0.29) is 12.3 Å². The number of halogens is 3. The number of aryl methyl sites for hydroxylation is 1. The van der Waals surface area contributed by atoms with Gasteiger partial charge in [-0.3, -0.25) is 9.89 Å². The van der Waals surface area contributed by atoms with Crippen molar-refractivity contribution in [2.24, 2.45) is 0 Å². The van der Waals surface area contributed by atoms with Crippen LogP contribution in [0.15, 0.2) is 48.5 Å². The average Bonchev–Trinajstić information content (AvgIpc) is 3.09. The van der Waals surface area contributed by atoms with E-state index in [4.69, 9.17) is 4.74 Å². The summed E-state index contributed by atoms with van der Waals surface area (Å²) in [5.74, 6) is 0.390. The molecular formula is C21H20F3N3O2. The lowest BCUT2D eigenvalue weighted by Crippen LogP contribution is -2.15. The van der Waals surface area contributed by atoms with E-state index in [0.29, 0.717) is 34.8 Å². The van der Waals surface area contributed by atoms with Crippen molar-refractivity contribution in [1.82, 2.24) is 10.2 Å². The number of carbonyl (C=O) groups excluding carboxylic acids is 1. The number of hydrogen-bond acceptors (Lipinski definition) is 3. The number of nitrogens with one attached hydrogen (secondary N) is 2. The first-order chi connectivity index (χ1) is 13.8. The maximum Gasteiger partial charge on any atom is 0.416 e. The van der Waals surface area contributed by atoms with Gasteiger partial charge in [0.15, 0.2) is 0 Å². The third-order valence-electron chi connectivity index (χ3n) is 4.44. The third kappa shape index (κ3) is 4.77. The lowest BCUT2D eigenvalue weighted by atomic mass is 10.1. The van der Waals surface area contributed by atoms with E-state index in [1.807, 2.05) is 13.0 Å². The first kappa shape index (κ1) is 20.4. The topological polar surface area (TPSA) is 67.0 Å². The predicted molar refractivity (Wildman–Crippen MR) is 104 cm³/mol. The molecule has 5 nitrogen and oxygen atoms in total. The zero-order valence-corrected chi connectivity index (χ0v) is 15.9. The molecule has 2 N–H and O–H groups in total. The normalized spacial score (nSPS) is 11.3. The predicted octanol–water partition coefficient (Wildman–Crippen LogP) is 4.85. The number of anilines is 1. The Kier molecular flexibility index (Phi) is 5.91. The van der Waals surface area contributed by atoms with E-state index in [0.717, 1.165) is 17.7 Å². The number of amides is 1. The van der Waals surface area contributed by atoms with Gasteiger partial charge in [0.05, 0.1) is 30.5 Å². The summed E-state index contributed by atoms with van der Waals surface area (Å²) in [6, 6.07) is 11.8. The number of H-pyrrole nitrogens is 1. The van der Waals surface area contributed by atoms with Crippen LogP contribution in [-0.2, 0) is 23.8 Å². The highest BCUT2D eigenvalue weighted by molar-refractivity contribution is 5.96. The minimum Gasteiger partial charge on any atom is -0.497 e. The minimum atomic E-state index is -4.41. The molecule has 0 atom stereocenters. The van der Waals surface area contributed by atoms with Crippen LogP contribution >= 0.6 is 0 Å². The summed E-state index contributed by atoms with van der Waals surface area (Å²) in [5, 5.41) is 9.89. The zero-order chi connectivity index (χ0) is 21.0. The van der Waals surface area contributed by atoms with Crippen molar-refractivity contribution >= 4 is 11.6 Å². The number of nitrogens with zero attached hydrogens (tertiary/aromatic N) is 1. The Morgan fingerprint density at radius 3 is 2.52 bits per heavy atom. The molecule has 0 saturated heterocycles. The lowest BCUT2D eigenvalue weighted by molar-refractivity contribution is -0.137. The molecule has 0 fully saturated rings. The van der Waals surface area contributed by atoms with Gasteiger partial charge >= 0.3 is 6.18 Å². The van der Waals surface area contributed by atoms with Crippen molar-refractivity contribution < 1.29 is 22.7 Å². The van der Waals surface area contributed by atoms with Gasteiger partial charge in [-0.25, -0.2) is 0 Å². The third-order valence-corrected chi connectivity index (χ3v) is 4.44. The highest BCUT2D eigenvalue weighted by atomic mass is 19.4. The Balaban J connectivity index is 1.84. The smallest absolute Gasteiger partial charge is 0.416 e. The number of benzene rings is 2. The number of ether oxygens (including phenoxy) is 1. The Hall–Kier alpha value is -3.29. The Morgan fingerprint density at radius 2 is 1.90 bits per heavy atom. The van der Waals surface area contributed by atoms with Crippen LogP contribution in [0.25, 0.3) is 11.3 Å². The van der Waals surface area contributed by atoms with Crippen molar-refractivity contribution in [2.45, 2.75) is 25.9 Å². The van der Waals surface area contributed by atoms with Gasteiger partial charge in [-0.2, -0.15) is 18.3 Å². The molecule has 29 heavy (non-hydrogen) atoms. The molecule has 0 radical (unpaired) electrons. The van der Waals surface area contributed by atoms with Crippen molar-refractivity contribution in [1.29, 1.82) is 0 Å². The molecule has 1 amide bonds. The van der Waals surface area contributed by atoms with Crippen LogP contribution < -0.4 is 10.1 Å². The maximum atomic E-state index is 12.8. The van der Waals surface area contributed by atoms with Gasteiger partial charge in [0.1, 0.15) is 11.4 Å². The van der Waals surface area contributed by atoms with Gasteiger partial charge in [0, 0.05) is 5.56 Å². The Labute approximate surface area is 165 Å². The van der Waals surface area contributed by atoms with Gasteiger partial charge in [-0.1, -0.05) is 31.2 Å². The summed E-state index contributed by atoms with van der Waals surface area (Å²) in [6.45, 7) is 1.89. The molecule has 3 rings (SSSR count). The number of rotatable bonds is 6. The number of aromatic amines is 1. The standard InChI is InChI=1S/C21H20F3N3O2/c1-3-17-20(25-18(28)12-13-5-4-6-16(11-13)29-2)19(27-26-17)14-7-9-15(10-8-14)21(22,23)24/h4-11H,3,12H2,1-2H3,(H,25,28)(H,26,27). The monoisotopic (exact) mass is 403 g/mol.